The summed E-state index contributed by atoms with van der Waals surface area (Å²) in [6, 6.07) is 7.43. The normalized spacial score (nSPS) is 9.87. The van der Waals surface area contributed by atoms with Crippen molar-refractivity contribution in [2.24, 2.45) is 0 Å². The second-order valence-corrected chi connectivity index (χ2v) is 4.20. The van der Waals surface area contributed by atoms with Gasteiger partial charge in [0.25, 0.3) is 0 Å². The van der Waals surface area contributed by atoms with E-state index in [9.17, 15) is 0 Å². The van der Waals surface area contributed by atoms with Crippen LogP contribution >= 0.6 is 11.8 Å². The second-order valence-electron chi connectivity index (χ2n) is 3.06. The molecule has 15 heavy (non-hydrogen) atoms. The van der Waals surface area contributed by atoms with Crippen molar-refractivity contribution in [2.45, 2.75) is 11.3 Å². The number of benzene rings is 1. The van der Waals surface area contributed by atoms with E-state index in [4.69, 9.17) is 15.7 Å². The first-order chi connectivity index (χ1) is 7.27. The van der Waals surface area contributed by atoms with E-state index < -0.39 is 0 Å². The van der Waals surface area contributed by atoms with Crippen LogP contribution in [0.1, 0.15) is 12.0 Å². The number of nitrogens with two attached hydrogens (primary N) is 1. The Morgan fingerprint density at radius 1 is 1.53 bits per heavy atom. The van der Waals surface area contributed by atoms with Crippen molar-refractivity contribution in [1.29, 1.82) is 5.26 Å². The molecule has 0 aliphatic heterocycles. The molecular formula is C11H14N2OS. The topological polar surface area (TPSA) is 59.0 Å². The molecule has 0 spiro atoms. The molecule has 0 atom stereocenters. The number of anilines is 1. The van der Waals surface area contributed by atoms with Crippen molar-refractivity contribution in [2.75, 3.05) is 25.2 Å². The van der Waals surface area contributed by atoms with Crippen LogP contribution in [0.5, 0.6) is 0 Å². The van der Waals surface area contributed by atoms with Gasteiger partial charge < -0.3 is 10.5 Å². The van der Waals surface area contributed by atoms with E-state index in [-0.39, 0.29) is 0 Å². The maximum Gasteiger partial charge on any atom is 0.0992 e. The molecule has 1 aromatic rings. The molecule has 0 saturated carbocycles. The Morgan fingerprint density at radius 2 is 2.33 bits per heavy atom. The monoisotopic (exact) mass is 222 g/mol. The third-order valence-corrected chi connectivity index (χ3v) is 3.05. The number of hydrogen-bond donors (Lipinski definition) is 1. The summed E-state index contributed by atoms with van der Waals surface area (Å²) in [5, 5.41) is 8.74. The van der Waals surface area contributed by atoms with Gasteiger partial charge in [0.15, 0.2) is 0 Å². The number of nitrogens with zero attached hydrogens (tertiary/aromatic N) is 1. The Hall–Kier alpha value is -1.18. The molecule has 0 radical (unpaired) electrons. The lowest BCUT2D eigenvalue weighted by Crippen LogP contribution is -1.93. The van der Waals surface area contributed by atoms with Gasteiger partial charge in [0.2, 0.25) is 0 Å². The van der Waals surface area contributed by atoms with Gasteiger partial charge in [-0.2, -0.15) is 5.26 Å². The standard InChI is InChI=1S/C11H14N2OS/c1-14-5-2-6-15-11-7-9(8-12)3-4-10(11)13/h3-4,7H,2,5-6,13H2,1H3. The predicted octanol–water partition coefficient (Wildman–Crippen LogP) is 2.27. The number of nitriles is 1. The largest absolute Gasteiger partial charge is 0.398 e. The number of hydrogen-bond acceptors (Lipinski definition) is 4. The molecule has 80 valence electrons. The van der Waals surface area contributed by atoms with Gasteiger partial charge in [-0.25, -0.2) is 0 Å². The zero-order valence-corrected chi connectivity index (χ0v) is 9.51. The van der Waals surface area contributed by atoms with Crippen molar-refractivity contribution in [3.63, 3.8) is 0 Å². The molecule has 0 heterocycles. The van der Waals surface area contributed by atoms with Gasteiger partial charge in [0.1, 0.15) is 0 Å². The average Bonchev–Trinajstić information content (AvgIpc) is 2.26. The molecule has 0 saturated heterocycles. The van der Waals surface area contributed by atoms with Gasteiger partial charge in [0, 0.05) is 30.1 Å². The fraction of sp³-hybridized carbons (Fsp3) is 0.364. The average molecular weight is 222 g/mol. The molecule has 0 aliphatic rings. The third kappa shape index (κ3) is 3.82. The lowest BCUT2D eigenvalue weighted by atomic mass is 10.2. The van der Waals surface area contributed by atoms with Crippen LogP contribution in [-0.4, -0.2) is 19.5 Å². The molecule has 0 unspecified atom stereocenters. The Morgan fingerprint density at radius 3 is 3.00 bits per heavy atom. The van der Waals surface area contributed by atoms with Crippen LogP contribution < -0.4 is 5.73 Å². The lowest BCUT2D eigenvalue weighted by molar-refractivity contribution is 0.200. The Balaban J connectivity index is 2.56. The highest BCUT2D eigenvalue weighted by Gasteiger charge is 2.01. The van der Waals surface area contributed by atoms with Crippen molar-refractivity contribution < 1.29 is 4.74 Å². The third-order valence-electron chi connectivity index (χ3n) is 1.89. The first-order valence-corrected chi connectivity index (χ1v) is 5.68. The van der Waals surface area contributed by atoms with Gasteiger partial charge in [-0.3, -0.25) is 0 Å². The lowest BCUT2D eigenvalue weighted by Gasteiger charge is -2.05. The molecule has 0 aliphatic carbocycles. The van der Waals surface area contributed by atoms with Gasteiger partial charge in [0.05, 0.1) is 11.6 Å². The van der Waals surface area contributed by atoms with Crippen LogP contribution in [0.4, 0.5) is 5.69 Å². The van der Waals surface area contributed by atoms with E-state index in [1.807, 2.05) is 6.07 Å². The maximum absolute atomic E-state index is 8.74. The molecule has 0 aromatic heterocycles. The summed E-state index contributed by atoms with van der Waals surface area (Å²) in [5.41, 5.74) is 7.18. The number of ether oxygens (including phenoxy) is 1. The van der Waals surface area contributed by atoms with Crippen LogP contribution in [-0.2, 0) is 4.74 Å². The molecule has 1 rings (SSSR count). The van der Waals surface area contributed by atoms with Crippen molar-refractivity contribution in [1.82, 2.24) is 0 Å². The molecule has 3 nitrogen and oxygen atoms in total. The first-order valence-electron chi connectivity index (χ1n) is 4.69. The van der Waals surface area contributed by atoms with Crippen LogP contribution in [0.2, 0.25) is 0 Å². The van der Waals surface area contributed by atoms with E-state index in [1.54, 1.807) is 31.0 Å². The quantitative estimate of drug-likeness (QED) is 0.471. The van der Waals surface area contributed by atoms with Crippen molar-refractivity contribution >= 4 is 17.4 Å². The van der Waals surface area contributed by atoms with Crippen molar-refractivity contribution in [3.8, 4) is 6.07 Å². The summed E-state index contributed by atoms with van der Waals surface area (Å²) in [5.74, 6) is 0.951. The summed E-state index contributed by atoms with van der Waals surface area (Å²) in [6.07, 6.45) is 0.984. The van der Waals surface area contributed by atoms with Gasteiger partial charge >= 0.3 is 0 Å². The summed E-state index contributed by atoms with van der Waals surface area (Å²) in [4.78, 5) is 0.977. The number of rotatable bonds is 5. The number of methoxy groups -OCH3 is 1. The summed E-state index contributed by atoms with van der Waals surface area (Å²) >= 11 is 1.66. The molecule has 0 amide bonds. The summed E-state index contributed by atoms with van der Waals surface area (Å²) < 4.78 is 4.96. The zero-order chi connectivity index (χ0) is 11.1. The van der Waals surface area contributed by atoms with Crippen LogP contribution in [0, 0.1) is 11.3 Å². The fourth-order valence-corrected chi connectivity index (χ4v) is 2.04. The first kappa shape index (κ1) is 11.9. The maximum atomic E-state index is 8.74. The second kappa shape index (κ2) is 6.33. The molecule has 1 aromatic carbocycles. The predicted molar refractivity (Wildman–Crippen MR) is 62.8 cm³/mol. The molecule has 4 heteroatoms. The smallest absolute Gasteiger partial charge is 0.0992 e. The number of nitrogen functional groups attached to an aromatic ring is 1. The van der Waals surface area contributed by atoms with Crippen molar-refractivity contribution in [3.05, 3.63) is 23.8 Å². The van der Waals surface area contributed by atoms with Gasteiger partial charge in [-0.1, -0.05) is 0 Å². The van der Waals surface area contributed by atoms with E-state index in [0.29, 0.717) is 5.56 Å². The summed E-state index contributed by atoms with van der Waals surface area (Å²) in [7, 11) is 1.69. The van der Waals surface area contributed by atoms with E-state index in [0.717, 1.165) is 29.4 Å². The van der Waals surface area contributed by atoms with Gasteiger partial charge in [-0.15, -0.1) is 11.8 Å². The highest BCUT2D eigenvalue weighted by molar-refractivity contribution is 7.99. The molecule has 0 bridgehead atoms. The van der Waals surface area contributed by atoms with Gasteiger partial charge in [-0.05, 0) is 24.6 Å². The molecular weight excluding hydrogens is 208 g/mol. The molecule has 2 N–H and O–H groups in total. The van der Waals surface area contributed by atoms with Crippen LogP contribution in [0.15, 0.2) is 23.1 Å². The van der Waals surface area contributed by atoms with E-state index in [1.165, 1.54) is 0 Å². The minimum absolute atomic E-state index is 0.651. The minimum atomic E-state index is 0.651. The molecule has 0 fully saturated rings. The number of thioether (sulfide) groups is 1. The SMILES string of the molecule is COCCCSc1cc(C#N)ccc1N. The van der Waals surface area contributed by atoms with E-state index >= 15 is 0 Å². The zero-order valence-electron chi connectivity index (χ0n) is 8.69. The summed E-state index contributed by atoms with van der Waals surface area (Å²) in [6.45, 7) is 0.755. The van der Waals surface area contributed by atoms with Crippen LogP contribution in [0.25, 0.3) is 0 Å². The fourth-order valence-electron chi connectivity index (χ4n) is 1.11. The van der Waals surface area contributed by atoms with E-state index in [2.05, 4.69) is 6.07 Å². The minimum Gasteiger partial charge on any atom is -0.398 e. The van der Waals surface area contributed by atoms with Crippen LogP contribution in [0.3, 0.4) is 0 Å². The Bertz CT molecular complexity index is 360. The highest BCUT2D eigenvalue weighted by atomic mass is 32.2. The highest BCUT2D eigenvalue weighted by Crippen LogP contribution is 2.26. The Kier molecular flexibility index (Phi) is 5.02. The Labute approximate surface area is 94.2 Å².